The Kier molecular flexibility index (Phi) is 6.16. The van der Waals surface area contributed by atoms with Crippen LogP contribution in [0.25, 0.3) is 0 Å². The third-order valence-electron chi connectivity index (χ3n) is 5.34. The van der Waals surface area contributed by atoms with Gasteiger partial charge in [0.05, 0.1) is 11.4 Å². The fraction of sp³-hybridized carbons (Fsp3) is 0.125. The molecule has 3 aromatic carbocycles. The molecule has 0 radical (unpaired) electrons. The number of nitrogens with one attached hydrogen (secondary N) is 1. The average Bonchev–Trinajstić information content (AvgIpc) is 2.80. The van der Waals surface area contributed by atoms with Crippen LogP contribution in [-0.2, 0) is 14.8 Å². The van der Waals surface area contributed by atoms with Crippen LogP contribution in [0, 0.1) is 6.92 Å². The van der Waals surface area contributed by atoms with Crippen molar-refractivity contribution in [3.63, 3.8) is 0 Å². The summed E-state index contributed by atoms with van der Waals surface area (Å²) < 4.78 is 27.5. The van der Waals surface area contributed by atoms with Crippen LogP contribution in [0.4, 0.5) is 5.69 Å². The van der Waals surface area contributed by atoms with Crippen LogP contribution in [0.3, 0.4) is 0 Å². The molecular weight excluding hydrogens is 464 g/mol. The van der Waals surface area contributed by atoms with Crippen LogP contribution in [-0.4, -0.2) is 42.8 Å². The minimum atomic E-state index is -4.31. The summed E-state index contributed by atoms with van der Waals surface area (Å²) in [4.78, 5) is 39.2. The van der Waals surface area contributed by atoms with Crippen molar-refractivity contribution >= 4 is 44.8 Å². The van der Waals surface area contributed by atoms with Gasteiger partial charge in [0.1, 0.15) is 0 Å². The number of halogens is 1. The molecule has 0 saturated carbocycles. The van der Waals surface area contributed by atoms with Gasteiger partial charge in [0.15, 0.2) is 17.6 Å². The molecule has 1 atom stereocenters. The Labute approximate surface area is 196 Å². The Hall–Kier alpha value is -3.33. The maximum atomic E-state index is 13.4. The monoisotopic (exact) mass is 482 g/mol. The number of hydrogen-bond acceptors (Lipinski definition) is 5. The van der Waals surface area contributed by atoms with E-state index in [2.05, 4.69) is 5.32 Å². The summed E-state index contributed by atoms with van der Waals surface area (Å²) in [6.07, 6.45) is 0. The summed E-state index contributed by atoms with van der Waals surface area (Å²) in [6, 6.07) is 16.7. The molecule has 0 fully saturated rings. The van der Waals surface area contributed by atoms with E-state index in [0.717, 1.165) is 0 Å². The van der Waals surface area contributed by atoms with Gasteiger partial charge in [0.2, 0.25) is 15.9 Å². The normalized spacial score (nSPS) is 17.3. The Morgan fingerprint density at radius 1 is 1.00 bits per heavy atom. The number of benzene rings is 3. The first kappa shape index (κ1) is 22.8. The first-order valence-corrected chi connectivity index (χ1v) is 11.8. The first-order chi connectivity index (χ1) is 15.7. The van der Waals surface area contributed by atoms with E-state index in [9.17, 15) is 22.8 Å². The highest BCUT2D eigenvalue weighted by Crippen LogP contribution is 2.31. The van der Waals surface area contributed by atoms with E-state index in [-0.39, 0.29) is 16.0 Å². The van der Waals surface area contributed by atoms with Gasteiger partial charge in [-0.1, -0.05) is 54.1 Å². The predicted molar refractivity (Wildman–Crippen MR) is 124 cm³/mol. The van der Waals surface area contributed by atoms with Crippen molar-refractivity contribution in [1.29, 1.82) is 0 Å². The number of amides is 1. The molecule has 0 saturated heterocycles. The molecule has 168 valence electrons. The van der Waals surface area contributed by atoms with E-state index in [1.54, 1.807) is 43.3 Å². The topological polar surface area (TPSA) is 101 Å². The zero-order valence-corrected chi connectivity index (χ0v) is 19.1. The fourth-order valence-electron chi connectivity index (χ4n) is 3.72. The predicted octanol–water partition coefficient (Wildman–Crippen LogP) is 3.73. The highest BCUT2D eigenvalue weighted by Gasteiger charge is 2.48. The van der Waals surface area contributed by atoms with Gasteiger partial charge in [0, 0.05) is 21.8 Å². The molecule has 7 nitrogen and oxygen atoms in total. The lowest BCUT2D eigenvalue weighted by molar-refractivity contribution is -0.116. The number of aryl methyl sites for hydroxylation is 1. The molecule has 3 aromatic rings. The van der Waals surface area contributed by atoms with Crippen molar-refractivity contribution in [1.82, 2.24) is 4.31 Å². The average molecular weight is 483 g/mol. The molecule has 1 unspecified atom stereocenters. The van der Waals surface area contributed by atoms with Gasteiger partial charge in [-0.15, -0.1) is 0 Å². The number of carbonyl (C=O) groups excluding carboxylic acids is 3. The highest BCUT2D eigenvalue weighted by molar-refractivity contribution is 7.89. The molecular formula is C24H19ClN2O5S. The molecule has 1 N–H and O–H groups in total. The molecule has 0 spiro atoms. The van der Waals surface area contributed by atoms with Crippen LogP contribution >= 0.6 is 11.6 Å². The molecule has 1 aliphatic heterocycles. The molecule has 9 heteroatoms. The Morgan fingerprint density at radius 3 is 2.36 bits per heavy atom. The maximum absolute atomic E-state index is 13.4. The van der Waals surface area contributed by atoms with E-state index >= 15 is 0 Å². The molecule has 1 aliphatic rings. The van der Waals surface area contributed by atoms with E-state index in [4.69, 9.17) is 11.6 Å². The Morgan fingerprint density at radius 2 is 1.67 bits per heavy atom. The van der Waals surface area contributed by atoms with Gasteiger partial charge in [-0.05, 0) is 42.8 Å². The Balaban J connectivity index is 1.74. The van der Waals surface area contributed by atoms with Gasteiger partial charge < -0.3 is 5.32 Å². The molecule has 1 heterocycles. The fourth-order valence-corrected chi connectivity index (χ4v) is 5.66. The van der Waals surface area contributed by atoms with Gasteiger partial charge >= 0.3 is 0 Å². The largest absolute Gasteiger partial charge is 0.325 e. The summed E-state index contributed by atoms with van der Waals surface area (Å²) >= 11 is 5.95. The van der Waals surface area contributed by atoms with Crippen LogP contribution in [0.5, 0.6) is 0 Å². The lowest BCUT2D eigenvalue weighted by Crippen LogP contribution is -2.55. The third-order valence-corrected chi connectivity index (χ3v) is 7.45. The smallest absolute Gasteiger partial charge is 0.245 e. The van der Waals surface area contributed by atoms with E-state index in [0.29, 0.717) is 20.6 Å². The summed E-state index contributed by atoms with van der Waals surface area (Å²) in [5.41, 5.74) is 1.22. The second-order valence-electron chi connectivity index (χ2n) is 7.55. The second-order valence-corrected chi connectivity index (χ2v) is 9.85. The zero-order valence-electron chi connectivity index (χ0n) is 17.5. The van der Waals surface area contributed by atoms with E-state index < -0.39 is 40.1 Å². The number of rotatable bonds is 5. The number of nitrogens with zero attached hydrogens (tertiary/aromatic N) is 1. The lowest BCUT2D eigenvalue weighted by Gasteiger charge is -2.33. The van der Waals surface area contributed by atoms with E-state index in [1.165, 1.54) is 36.4 Å². The number of fused-ring (bicyclic) bond motifs is 1. The van der Waals surface area contributed by atoms with Crippen molar-refractivity contribution in [3.05, 3.63) is 94.5 Å². The SMILES string of the molecule is Cc1cc(Cl)ccc1NC(=O)CN1C(C(=O)c2ccccc2)C(=O)c2ccccc2S1(=O)=O. The summed E-state index contributed by atoms with van der Waals surface area (Å²) in [6.45, 7) is 1.02. The highest BCUT2D eigenvalue weighted by atomic mass is 35.5. The summed E-state index contributed by atoms with van der Waals surface area (Å²) in [7, 11) is -4.31. The molecule has 0 aliphatic carbocycles. The van der Waals surface area contributed by atoms with Crippen molar-refractivity contribution in [3.8, 4) is 0 Å². The maximum Gasteiger partial charge on any atom is 0.245 e. The molecule has 4 rings (SSSR count). The summed E-state index contributed by atoms with van der Waals surface area (Å²) in [5, 5.41) is 3.12. The van der Waals surface area contributed by atoms with Gasteiger partial charge in [-0.3, -0.25) is 14.4 Å². The quantitative estimate of drug-likeness (QED) is 0.441. The minimum absolute atomic E-state index is 0.0722. The number of hydrogen-bond donors (Lipinski definition) is 1. The third kappa shape index (κ3) is 4.32. The van der Waals surface area contributed by atoms with Gasteiger partial charge in [0.25, 0.3) is 0 Å². The summed E-state index contributed by atoms with van der Waals surface area (Å²) in [5.74, 6) is -2.07. The van der Waals surface area contributed by atoms with Crippen LogP contribution < -0.4 is 5.32 Å². The lowest BCUT2D eigenvalue weighted by atomic mass is 9.96. The molecule has 0 aromatic heterocycles. The number of Topliss-reactive ketones (excluding diaryl/α,β-unsaturated/α-hetero) is 2. The standard InChI is InChI=1S/C24H19ClN2O5S/c1-15-13-17(25)11-12-19(15)26-21(28)14-27-22(23(29)16-7-3-2-4-8-16)24(30)18-9-5-6-10-20(18)33(27,31)32/h2-13,22H,14H2,1H3,(H,26,28). The van der Waals surface area contributed by atoms with Crippen molar-refractivity contribution in [2.75, 3.05) is 11.9 Å². The van der Waals surface area contributed by atoms with Crippen molar-refractivity contribution in [2.45, 2.75) is 17.9 Å². The number of sulfonamides is 1. The van der Waals surface area contributed by atoms with Gasteiger partial charge in [-0.25, -0.2) is 8.42 Å². The second kappa shape index (κ2) is 8.90. The molecule has 33 heavy (non-hydrogen) atoms. The van der Waals surface area contributed by atoms with Crippen molar-refractivity contribution < 1.29 is 22.8 Å². The number of ketones is 2. The molecule has 1 amide bonds. The van der Waals surface area contributed by atoms with Crippen LogP contribution in [0.1, 0.15) is 26.3 Å². The van der Waals surface area contributed by atoms with Gasteiger partial charge in [-0.2, -0.15) is 4.31 Å². The van der Waals surface area contributed by atoms with E-state index in [1.807, 2.05) is 0 Å². The minimum Gasteiger partial charge on any atom is -0.325 e. The number of carbonyl (C=O) groups is 3. The molecule has 0 bridgehead atoms. The van der Waals surface area contributed by atoms with Crippen molar-refractivity contribution in [2.24, 2.45) is 0 Å². The Bertz CT molecular complexity index is 1370. The van der Waals surface area contributed by atoms with Crippen LogP contribution in [0.2, 0.25) is 5.02 Å². The zero-order chi connectivity index (χ0) is 23.8. The first-order valence-electron chi connectivity index (χ1n) is 10.0. The number of anilines is 1. The van der Waals surface area contributed by atoms with Crippen LogP contribution in [0.15, 0.2) is 77.7 Å².